The number of rotatable bonds is 2. The Balaban J connectivity index is 2.24. The monoisotopic (exact) mass is 202 g/mol. The minimum atomic E-state index is 0.147. The van der Waals surface area contributed by atoms with Crippen LogP contribution in [0.15, 0.2) is 18.5 Å². The van der Waals surface area contributed by atoms with Gasteiger partial charge in [-0.2, -0.15) is 0 Å². The quantitative estimate of drug-likeness (QED) is 0.789. The maximum absolute atomic E-state index is 5.82. The highest BCUT2D eigenvalue weighted by Gasteiger charge is 2.46. The number of nitrogens with two attached hydrogens (primary N) is 1. The number of aromatic nitrogens is 3. The Kier molecular flexibility index (Phi) is 1.65. The Hall–Kier alpha value is -1.42. The van der Waals surface area contributed by atoms with Gasteiger partial charge in [0.15, 0.2) is 0 Å². The second-order valence-electron chi connectivity index (χ2n) is 4.34. The van der Waals surface area contributed by atoms with Crippen molar-refractivity contribution in [1.29, 1.82) is 0 Å². The summed E-state index contributed by atoms with van der Waals surface area (Å²) >= 11 is 0. The standard InChI is InChI=1S/C11H14N4/c1-15-9-6-13-5-2-8(9)14-10(15)11(7-12)3-4-11/h2,5-6H,3-4,7,12H2,1H3. The number of imidazole rings is 1. The maximum atomic E-state index is 5.82. The van der Waals surface area contributed by atoms with E-state index in [0.29, 0.717) is 6.54 Å². The predicted octanol–water partition coefficient (Wildman–Crippen LogP) is 0.959. The Morgan fingerprint density at radius 3 is 2.93 bits per heavy atom. The van der Waals surface area contributed by atoms with E-state index >= 15 is 0 Å². The van der Waals surface area contributed by atoms with Gasteiger partial charge in [-0.1, -0.05) is 0 Å². The number of hydrogen-bond acceptors (Lipinski definition) is 3. The Bertz CT molecular complexity index is 510. The summed E-state index contributed by atoms with van der Waals surface area (Å²) in [5.41, 5.74) is 8.08. The van der Waals surface area contributed by atoms with Gasteiger partial charge in [0.25, 0.3) is 0 Å². The van der Waals surface area contributed by atoms with E-state index in [-0.39, 0.29) is 5.41 Å². The van der Waals surface area contributed by atoms with Gasteiger partial charge in [-0.05, 0) is 18.9 Å². The summed E-state index contributed by atoms with van der Waals surface area (Å²) in [6.45, 7) is 0.692. The molecule has 0 aliphatic heterocycles. The van der Waals surface area contributed by atoms with Crippen LogP contribution >= 0.6 is 0 Å². The predicted molar refractivity (Wildman–Crippen MR) is 58.5 cm³/mol. The normalized spacial score (nSPS) is 18.3. The molecule has 4 nitrogen and oxygen atoms in total. The number of fused-ring (bicyclic) bond motifs is 1. The molecular formula is C11H14N4. The molecule has 2 N–H and O–H groups in total. The summed E-state index contributed by atoms with van der Waals surface area (Å²) in [5, 5.41) is 0. The molecule has 0 bridgehead atoms. The van der Waals surface area contributed by atoms with E-state index in [1.54, 1.807) is 6.20 Å². The van der Waals surface area contributed by atoms with Gasteiger partial charge in [0.05, 0.1) is 17.2 Å². The average molecular weight is 202 g/mol. The van der Waals surface area contributed by atoms with Crippen molar-refractivity contribution >= 4 is 11.0 Å². The first kappa shape index (κ1) is 8.85. The lowest BCUT2D eigenvalue weighted by Crippen LogP contribution is -2.23. The van der Waals surface area contributed by atoms with E-state index in [1.165, 1.54) is 0 Å². The fourth-order valence-electron chi connectivity index (χ4n) is 2.18. The summed E-state index contributed by atoms with van der Waals surface area (Å²) in [5.74, 6) is 1.12. The molecule has 0 spiro atoms. The molecule has 1 aliphatic rings. The van der Waals surface area contributed by atoms with E-state index < -0.39 is 0 Å². The van der Waals surface area contributed by atoms with E-state index in [9.17, 15) is 0 Å². The van der Waals surface area contributed by atoms with Gasteiger partial charge in [0.2, 0.25) is 0 Å². The van der Waals surface area contributed by atoms with Crippen LogP contribution in [0.2, 0.25) is 0 Å². The van der Waals surface area contributed by atoms with Gasteiger partial charge in [0, 0.05) is 25.2 Å². The number of aryl methyl sites for hydroxylation is 1. The van der Waals surface area contributed by atoms with Crippen LogP contribution in [0, 0.1) is 0 Å². The minimum Gasteiger partial charge on any atom is -0.329 e. The highest BCUT2D eigenvalue weighted by atomic mass is 15.1. The van der Waals surface area contributed by atoms with E-state index in [0.717, 1.165) is 29.7 Å². The first-order valence-corrected chi connectivity index (χ1v) is 5.24. The molecule has 0 aromatic carbocycles. The zero-order valence-corrected chi connectivity index (χ0v) is 8.77. The van der Waals surface area contributed by atoms with Gasteiger partial charge >= 0.3 is 0 Å². The van der Waals surface area contributed by atoms with Crippen LogP contribution in [-0.4, -0.2) is 21.1 Å². The van der Waals surface area contributed by atoms with Gasteiger partial charge < -0.3 is 10.3 Å². The molecule has 2 heterocycles. The van der Waals surface area contributed by atoms with Crippen LogP contribution in [0.3, 0.4) is 0 Å². The van der Waals surface area contributed by atoms with Crippen molar-refractivity contribution in [3.63, 3.8) is 0 Å². The molecule has 78 valence electrons. The first-order valence-electron chi connectivity index (χ1n) is 5.24. The Morgan fingerprint density at radius 1 is 1.53 bits per heavy atom. The topological polar surface area (TPSA) is 56.7 Å². The minimum absolute atomic E-state index is 0.147. The first-order chi connectivity index (χ1) is 7.27. The van der Waals surface area contributed by atoms with Crippen LogP contribution in [0.5, 0.6) is 0 Å². The fourth-order valence-corrected chi connectivity index (χ4v) is 2.18. The van der Waals surface area contributed by atoms with Gasteiger partial charge in [-0.15, -0.1) is 0 Å². The highest BCUT2D eigenvalue weighted by molar-refractivity contribution is 5.75. The molecular weight excluding hydrogens is 188 g/mol. The zero-order chi connectivity index (χ0) is 10.5. The molecule has 1 aliphatic carbocycles. The van der Waals surface area contributed by atoms with Crippen molar-refractivity contribution in [1.82, 2.24) is 14.5 Å². The van der Waals surface area contributed by atoms with Crippen molar-refractivity contribution in [3.05, 3.63) is 24.3 Å². The summed E-state index contributed by atoms with van der Waals surface area (Å²) in [6, 6.07) is 1.95. The molecule has 2 aromatic rings. The van der Waals surface area contributed by atoms with Crippen LogP contribution in [0.4, 0.5) is 0 Å². The lowest BCUT2D eigenvalue weighted by atomic mass is 10.1. The molecule has 0 saturated heterocycles. The lowest BCUT2D eigenvalue weighted by molar-refractivity contribution is 0.621. The summed E-state index contributed by atoms with van der Waals surface area (Å²) in [7, 11) is 2.04. The van der Waals surface area contributed by atoms with Gasteiger partial charge in [-0.3, -0.25) is 4.98 Å². The third kappa shape index (κ3) is 1.11. The maximum Gasteiger partial charge on any atom is 0.117 e. The zero-order valence-electron chi connectivity index (χ0n) is 8.77. The number of pyridine rings is 1. The lowest BCUT2D eigenvalue weighted by Gasteiger charge is -2.11. The molecule has 2 aromatic heterocycles. The van der Waals surface area contributed by atoms with E-state index in [2.05, 4.69) is 14.5 Å². The van der Waals surface area contributed by atoms with Crippen LogP contribution in [-0.2, 0) is 12.5 Å². The molecule has 4 heteroatoms. The highest BCUT2D eigenvalue weighted by Crippen LogP contribution is 2.46. The van der Waals surface area contributed by atoms with Crippen LogP contribution in [0.1, 0.15) is 18.7 Å². The van der Waals surface area contributed by atoms with E-state index in [1.807, 2.05) is 19.3 Å². The number of nitrogens with zero attached hydrogens (tertiary/aromatic N) is 3. The SMILES string of the molecule is Cn1c(C2(CN)CC2)nc2ccncc21. The van der Waals surface area contributed by atoms with Gasteiger partial charge in [0.1, 0.15) is 5.82 Å². The molecule has 1 saturated carbocycles. The molecule has 1 fully saturated rings. The summed E-state index contributed by atoms with van der Waals surface area (Å²) < 4.78 is 2.13. The van der Waals surface area contributed by atoms with Gasteiger partial charge in [-0.25, -0.2) is 4.98 Å². The average Bonchev–Trinajstić information content (AvgIpc) is 3.00. The second kappa shape index (κ2) is 2.79. The Labute approximate surface area is 88.1 Å². The molecule has 0 amide bonds. The summed E-state index contributed by atoms with van der Waals surface area (Å²) in [4.78, 5) is 8.78. The van der Waals surface area contributed by atoms with Crippen molar-refractivity contribution in [2.45, 2.75) is 18.3 Å². The summed E-state index contributed by atoms with van der Waals surface area (Å²) in [6.07, 6.45) is 5.96. The molecule has 15 heavy (non-hydrogen) atoms. The second-order valence-corrected chi connectivity index (χ2v) is 4.34. The third-order valence-corrected chi connectivity index (χ3v) is 3.40. The Morgan fingerprint density at radius 2 is 2.33 bits per heavy atom. The van der Waals surface area contributed by atoms with Crippen molar-refractivity contribution in [2.24, 2.45) is 12.8 Å². The van der Waals surface area contributed by atoms with Crippen molar-refractivity contribution in [2.75, 3.05) is 6.54 Å². The van der Waals surface area contributed by atoms with Crippen LogP contribution in [0.25, 0.3) is 11.0 Å². The number of hydrogen-bond donors (Lipinski definition) is 1. The molecule has 0 atom stereocenters. The third-order valence-electron chi connectivity index (χ3n) is 3.40. The van der Waals surface area contributed by atoms with Crippen molar-refractivity contribution < 1.29 is 0 Å². The fraction of sp³-hybridized carbons (Fsp3) is 0.455. The molecule has 0 radical (unpaired) electrons. The molecule has 3 rings (SSSR count). The molecule has 0 unspecified atom stereocenters. The van der Waals surface area contributed by atoms with Crippen LogP contribution < -0.4 is 5.73 Å². The smallest absolute Gasteiger partial charge is 0.117 e. The van der Waals surface area contributed by atoms with E-state index in [4.69, 9.17) is 5.73 Å². The largest absolute Gasteiger partial charge is 0.329 e. The van der Waals surface area contributed by atoms with Crippen molar-refractivity contribution in [3.8, 4) is 0 Å².